The van der Waals surface area contributed by atoms with Crippen molar-refractivity contribution in [2.24, 2.45) is 5.73 Å². The number of hydrogen-bond donors (Lipinski definition) is 1. The van der Waals surface area contributed by atoms with Crippen molar-refractivity contribution in [1.82, 2.24) is 4.90 Å². The van der Waals surface area contributed by atoms with Crippen LogP contribution in [0.1, 0.15) is 18.0 Å². The maximum atomic E-state index is 6.28. The summed E-state index contributed by atoms with van der Waals surface area (Å²) in [5, 5.41) is 2.55. The summed E-state index contributed by atoms with van der Waals surface area (Å²) in [6, 6.07) is 14.9. The van der Waals surface area contributed by atoms with Gasteiger partial charge in [-0.15, -0.1) is 0 Å². The van der Waals surface area contributed by atoms with Crippen LogP contribution in [0, 0.1) is 0 Å². The molecule has 2 heteroatoms. The zero-order valence-electron chi connectivity index (χ0n) is 10.6. The standard InChI is InChI=1S/C15H20N2/c1-17(2)11-10-15(16)14-9-5-7-12-6-3-4-8-13(12)14/h3-9,15H,10-11,16H2,1-2H3/t15-/m1/s1. The third kappa shape index (κ3) is 2.84. The third-order valence-corrected chi connectivity index (χ3v) is 3.11. The Bertz CT molecular complexity index is 486. The lowest BCUT2D eigenvalue weighted by Crippen LogP contribution is -2.20. The van der Waals surface area contributed by atoms with Gasteiger partial charge in [0.2, 0.25) is 0 Å². The van der Waals surface area contributed by atoms with Crippen LogP contribution >= 0.6 is 0 Å². The van der Waals surface area contributed by atoms with Crippen LogP contribution in [0.2, 0.25) is 0 Å². The second-order valence-corrected chi connectivity index (χ2v) is 4.77. The number of nitrogens with two attached hydrogens (primary N) is 1. The lowest BCUT2D eigenvalue weighted by molar-refractivity contribution is 0.383. The van der Waals surface area contributed by atoms with Crippen molar-refractivity contribution in [1.29, 1.82) is 0 Å². The zero-order valence-corrected chi connectivity index (χ0v) is 10.6. The van der Waals surface area contributed by atoms with Crippen molar-refractivity contribution in [2.45, 2.75) is 12.5 Å². The molecule has 2 N–H and O–H groups in total. The van der Waals surface area contributed by atoms with Crippen molar-refractivity contribution in [3.05, 3.63) is 48.0 Å². The van der Waals surface area contributed by atoms with E-state index in [2.05, 4.69) is 61.5 Å². The molecule has 0 saturated carbocycles. The van der Waals surface area contributed by atoms with Gasteiger partial charge in [0.25, 0.3) is 0 Å². The molecule has 90 valence electrons. The van der Waals surface area contributed by atoms with Crippen LogP contribution in [0.25, 0.3) is 10.8 Å². The highest BCUT2D eigenvalue weighted by Gasteiger charge is 2.09. The lowest BCUT2D eigenvalue weighted by Gasteiger charge is -2.17. The first kappa shape index (κ1) is 12.1. The van der Waals surface area contributed by atoms with E-state index in [1.807, 2.05) is 0 Å². The molecule has 0 bridgehead atoms. The van der Waals surface area contributed by atoms with Gasteiger partial charge in [-0.25, -0.2) is 0 Å². The summed E-state index contributed by atoms with van der Waals surface area (Å²) in [5.41, 5.74) is 7.54. The molecule has 0 heterocycles. The van der Waals surface area contributed by atoms with E-state index in [1.165, 1.54) is 16.3 Å². The molecule has 2 rings (SSSR count). The number of hydrogen-bond acceptors (Lipinski definition) is 2. The summed E-state index contributed by atoms with van der Waals surface area (Å²) in [5.74, 6) is 0. The topological polar surface area (TPSA) is 29.3 Å². The second-order valence-electron chi connectivity index (χ2n) is 4.77. The van der Waals surface area contributed by atoms with Gasteiger partial charge in [0.05, 0.1) is 0 Å². The monoisotopic (exact) mass is 228 g/mol. The highest BCUT2D eigenvalue weighted by atomic mass is 15.0. The molecule has 0 unspecified atom stereocenters. The molecule has 2 aromatic carbocycles. The Labute approximate surface area is 103 Å². The molecule has 0 fully saturated rings. The van der Waals surface area contributed by atoms with E-state index >= 15 is 0 Å². The average Bonchev–Trinajstić information content (AvgIpc) is 2.35. The highest BCUT2D eigenvalue weighted by molar-refractivity contribution is 5.86. The molecular formula is C15H20N2. The number of nitrogens with zero attached hydrogens (tertiary/aromatic N) is 1. The molecule has 2 aromatic rings. The summed E-state index contributed by atoms with van der Waals surface area (Å²) in [4.78, 5) is 2.17. The fourth-order valence-corrected chi connectivity index (χ4v) is 2.13. The molecule has 17 heavy (non-hydrogen) atoms. The summed E-state index contributed by atoms with van der Waals surface area (Å²) in [7, 11) is 4.16. The lowest BCUT2D eigenvalue weighted by atomic mass is 9.97. The second kappa shape index (κ2) is 5.30. The van der Waals surface area contributed by atoms with Crippen molar-refractivity contribution in [2.75, 3.05) is 20.6 Å². The molecule has 0 amide bonds. The van der Waals surface area contributed by atoms with Crippen LogP contribution in [-0.2, 0) is 0 Å². The van der Waals surface area contributed by atoms with Gasteiger partial charge in [-0.05, 0) is 43.4 Å². The molecule has 0 aliphatic carbocycles. The smallest absolute Gasteiger partial charge is 0.0313 e. The molecule has 0 aliphatic rings. The summed E-state index contributed by atoms with van der Waals surface area (Å²) >= 11 is 0. The van der Waals surface area contributed by atoms with E-state index in [0.717, 1.165) is 13.0 Å². The van der Waals surface area contributed by atoms with E-state index in [9.17, 15) is 0 Å². The Kier molecular flexibility index (Phi) is 3.77. The Morgan fingerprint density at radius 1 is 1.06 bits per heavy atom. The third-order valence-electron chi connectivity index (χ3n) is 3.11. The van der Waals surface area contributed by atoms with Gasteiger partial charge in [0.15, 0.2) is 0 Å². The fourth-order valence-electron chi connectivity index (χ4n) is 2.13. The van der Waals surface area contributed by atoms with Crippen molar-refractivity contribution in [3.8, 4) is 0 Å². The minimum Gasteiger partial charge on any atom is -0.324 e. The Balaban J connectivity index is 2.28. The Hall–Kier alpha value is -1.38. The van der Waals surface area contributed by atoms with Crippen LogP contribution in [0.15, 0.2) is 42.5 Å². The van der Waals surface area contributed by atoms with E-state index in [0.29, 0.717) is 0 Å². The number of benzene rings is 2. The van der Waals surface area contributed by atoms with Gasteiger partial charge in [0, 0.05) is 6.04 Å². The zero-order chi connectivity index (χ0) is 12.3. The van der Waals surface area contributed by atoms with E-state index in [-0.39, 0.29) is 6.04 Å². The molecule has 0 aromatic heterocycles. The average molecular weight is 228 g/mol. The number of rotatable bonds is 4. The first-order valence-electron chi connectivity index (χ1n) is 6.06. The molecule has 2 nitrogen and oxygen atoms in total. The van der Waals surface area contributed by atoms with E-state index < -0.39 is 0 Å². The van der Waals surface area contributed by atoms with Crippen LogP contribution in [0.4, 0.5) is 0 Å². The number of fused-ring (bicyclic) bond motifs is 1. The molecule has 0 saturated heterocycles. The largest absolute Gasteiger partial charge is 0.324 e. The minimum atomic E-state index is 0.114. The van der Waals surface area contributed by atoms with E-state index in [1.54, 1.807) is 0 Å². The Morgan fingerprint density at radius 2 is 1.76 bits per heavy atom. The summed E-state index contributed by atoms with van der Waals surface area (Å²) in [6.45, 7) is 1.02. The quantitative estimate of drug-likeness (QED) is 0.872. The van der Waals surface area contributed by atoms with Crippen LogP contribution in [0.5, 0.6) is 0 Å². The SMILES string of the molecule is CN(C)CC[C@@H](N)c1cccc2ccccc12. The molecule has 0 spiro atoms. The van der Waals surface area contributed by atoms with Gasteiger partial charge < -0.3 is 10.6 Å². The van der Waals surface area contributed by atoms with E-state index in [4.69, 9.17) is 5.73 Å². The first-order valence-corrected chi connectivity index (χ1v) is 6.06. The predicted octanol–water partition coefficient (Wildman–Crippen LogP) is 2.79. The van der Waals surface area contributed by atoms with Crippen molar-refractivity contribution in [3.63, 3.8) is 0 Å². The maximum Gasteiger partial charge on any atom is 0.0313 e. The molecule has 0 aliphatic heterocycles. The predicted molar refractivity (Wildman–Crippen MR) is 74.0 cm³/mol. The van der Waals surface area contributed by atoms with Gasteiger partial charge in [0.1, 0.15) is 0 Å². The summed E-state index contributed by atoms with van der Waals surface area (Å²) < 4.78 is 0. The van der Waals surface area contributed by atoms with Crippen LogP contribution in [-0.4, -0.2) is 25.5 Å². The maximum absolute atomic E-state index is 6.28. The summed E-state index contributed by atoms with van der Waals surface area (Å²) in [6.07, 6.45) is 0.987. The highest BCUT2D eigenvalue weighted by Crippen LogP contribution is 2.24. The van der Waals surface area contributed by atoms with Gasteiger partial charge >= 0.3 is 0 Å². The van der Waals surface area contributed by atoms with Gasteiger partial charge in [-0.1, -0.05) is 42.5 Å². The van der Waals surface area contributed by atoms with Gasteiger partial charge in [-0.2, -0.15) is 0 Å². The van der Waals surface area contributed by atoms with Crippen LogP contribution in [0.3, 0.4) is 0 Å². The first-order chi connectivity index (χ1) is 8.18. The van der Waals surface area contributed by atoms with Crippen LogP contribution < -0.4 is 5.73 Å². The normalized spacial score (nSPS) is 13.2. The van der Waals surface area contributed by atoms with Crippen molar-refractivity contribution >= 4 is 10.8 Å². The van der Waals surface area contributed by atoms with Crippen molar-refractivity contribution < 1.29 is 0 Å². The molecule has 0 radical (unpaired) electrons. The molecular weight excluding hydrogens is 208 g/mol. The minimum absolute atomic E-state index is 0.114. The fraction of sp³-hybridized carbons (Fsp3) is 0.333. The van der Waals surface area contributed by atoms with Gasteiger partial charge in [-0.3, -0.25) is 0 Å². The Morgan fingerprint density at radius 3 is 2.53 bits per heavy atom. The molecule has 1 atom stereocenters.